The Labute approximate surface area is 318 Å². The summed E-state index contributed by atoms with van der Waals surface area (Å²) in [7, 11) is 0. The third-order valence-corrected chi connectivity index (χ3v) is 13.9. The van der Waals surface area contributed by atoms with E-state index in [2.05, 4.69) is 148 Å². The second kappa shape index (κ2) is 14.9. The van der Waals surface area contributed by atoms with Crippen molar-refractivity contribution in [1.82, 2.24) is 9.13 Å². The molecule has 1 aliphatic carbocycles. The molecule has 0 radical (unpaired) electrons. The predicted octanol–water partition coefficient (Wildman–Crippen LogP) is 12.8. The smallest absolute Gasteiger partial charge is 0.143 e. The van der Waals surface area contributed by atoms with Gasteiger partial charge in [-0.2, -0.15) is 23.5 Å². The van der Waals surface area contributed by atoms with Crippen LogP contribution in [-0.4, -0.2) is 29.8 Å². The fraction of sp³-hybridized carbons (Fsp3) is 0.391. The van der Waals surface area contributed by atoms with Gasteiger partial charge in [-0.15, -0.1) is 0 Å². The lowest BCUT2D eigenvalue weighted by atomic mass is 9.85. The minimum absolute atomic E-state index is 0.0567. The van der Waals surface area contributed by atoms with Crippen LogP contribution in [0.2, 0.25) is 0 Å². The van der Waals surface area contributed by atoms with Crippen LogP contribution in [-0.2, 0) is 22.3 Å². The van der Waals surface area contributed by atoms with Crippen LogP contribution in [0.3, 0.4) is 0 Å². The lowest BCUT2D eigenvalue weighted by molar-refractivity contribution is 0.465. The zero-order valence-corrected chi connectivity index (χ0v) is 33.3. The number of hydrogen-bond donors (Lipinski definition) is 2. The molecule has 1 aliphatic rings. The van der Waals surface area contributed by atoms with Crippen molar-refractivity contribution in [2.45, 2.75) is 113 Å². The highest BCUT2D eigenvalue weighted by Gasteiger charge is 2.27. The van der Waals surface area contributed by atoms with E-state index in [1.165, 1.54) is 60.4 Å². The average molecular weight is 731 g/mol. The summed E-state index contributed by atoms with van der Waals surface area (Å²) in [6.07, 6.45) is 11.5. The van der Waals surface area contributed by atoms with Crippen LogP contribution >= 0.6 is 23.5 Å². The molecule has 2 atom stereocenters. The molecule has 7 rings (SSSR count). The Morgan fingerprint density at radius 3 is 1.37 bits per heavy atom. The van der Waals surface area contributed by atoms with Gasteiger partial charge in [-0.3, -0.25) is 0 Å². The van der Waals surface area contributed by atoms with Gasteiger partial charge < -0.3 is 19.3 Å². The summed E-state index contributed by atoms with van der Waals surface area (Å²) in [6.45, 7) is 13.5. The van der Waals surface area contributed by atoms with Crippen molar-refractivity contribution in [3.63, 3.8) is 0 Å². The third kappa shape index (κ3) is 7.66. The number of aromatic nitrogens is 2. The minimum Gasteiger partial charge on any atom is -0.505 e. The highest BCUT2D eigenvalue weighted by atomic mass is 32.2. The van der Waals surface area contributed by atoms with E-state index >= 15 is 0 Å². The standard InChI is InChI=1S/C46H54N2O2S2/c1-45(2,3)35-25-33(43(49)39(27-35)47-23-21-31-15-11-13-17-37(31)47)29-51-41-19-9-7-8-10-20-42(41)52-30-34-26-36(46(4,5)6)28-40(44(34)50)48-24-22-32-16-12-14-18-38(32)48/h11-18,21-28,41-42,49-50H,7-10,19-20,29-30H2,1-6H3. The largest absolute Gasteiger partial charge is 0.505 e. The average Bonchev–Trinajstić information content (AvgIpc) is 3.72. The predicted molar refractivity (Wildman–Crippen MR) is 225 cm³/mol. The van der Waals surface area contributed by atoms with E-state index in [-0.39, 0.29) is 10.8 Å². The van der Waals surface area contributed by atoms with E-state index < -0.39 is 0 Å². The summed E-state index contributed by atoms with van der Waals surface area (Å²) in [4.78, 5) is 0. The first-order valence-corrected chi connectivity index (χ1v) is 21.1. The summed E-state index contributed by atoms with van der Waals surface area (Å²) >= 11 is 4.03. The van der Waals surface area contributed by atoms with Gasteiger partial charge in [-0.05, 0) is 82.0 Å². The summed E-state index contributed by atoms with van der Waals surface area (Å²) in [6, 6.07) is 29.9. The molecule has 2 N–H and O–H groups in total. The number of nitrogens with zero attached hydrogens (tertiary/aromatic N) is 2. The van der Waals surface area contributed by atoms with Gasteiger partial charge in [-0.25, -0.2) is 0 Å². The van der Waals surface area contributed by atoms with Crippen molar-refractivity contribution in [1.29, 1.82) is 0 Å². The highest BCUT2D eigenvalue weighted by Crippen LogP contribution is 2.43. The number of rotatable bonds is 8. The second-order valence-electron chi connectivity index (χ2n) is 16.7. The van der Waals surface area contributed by atoms with Crippen molar-refractivity contribution >= 4 is 45.3 Å². The molecule has 6 aromatic rings. The molecule has 1 fully saturated rings. The number of phenolic OH excluding ortho intramolecular Hbond substituents is 2. The maximum atomic E-state index is 11.9. The molecule has 52 heavy (non-hydrogen) atoms. The SMILES string of the molecule is CC(C)(C)c1cc(CSC2CCCCCCC2SCc2cc(C(C)(C)C)cc(-n3ccc4ccccc43)c2O)c(O)c(-n2ccc3ccccc32)c1. The number of thioether (sulfide) groups is 2. The van der Waals surface area contributed by atoms with Gasteiger partial charge in [0.25, 0.3) is 0 Å². The lowest BCUT2D eigenvalue weighted by Crippen LogP contribution is -2.22. The van der Waals surface area contributed by atoms with Gasteiger partial charge in [0.15, 0.2) is 0 Å². The Hall–Kier alpha value is -3.74. The fourth-order valence-electron chi connectivity index (χ4n) is 7.59. The number of benzene rings is 4. The van der Waals surface area contributed by atoms with Crippen molar-refractivity contribution in [3.05, 3.63) is 120 Å². The summed E-state index contributed by atoms with van der Waals surface area (Å²) in [5, 5.41) is 27.0. The summed E-state index contributed by atoms with van der Waals surface area (Å²) in [5.74, 6) is 2.29. The molecule has 6 heteroatoms. The van der Waals surface area contributed by atoms with E-state index in [9.17, 15) is 10.2 Å². The van der Waals surface area contributed by atoms with Gasteiger partial charge >= 0.3 is 0 Å². The Balaban J connectivity index is 1.17. The molecule has 4 nitrogen and oxygen atoms in total. The third-order valence-electron chi connectivity index (χ3n) is 10.8. The molecule has 2 aromatic heterocycles. The zero-order valence-electron chi connectivity index (χ0n) is 31.7. The van der Waals surface area contributed by atoms with E-state index in [0.717, 1.165) is 45.0 Å². The monoisotopic (exact) mass is 730 g/mol. The van der Waals surface area contributed by atoms with Gasteiger partial charge in [0.05, 0.1) is 22.4 Å². The van der Waals surface area contributed by atoms with Gasteiger partial charge in [0.1, 0.15) is 11.5 Å². The van der Waals surface area contributed by atoms with Crippen molar-refractivity contribution in [3.8, 4) is 22.9 Å². The molecule has 2 heterocycles. The minimum atomic E-state index is -0.0567. The van der Waals surface area contributed by atoms with Crippen LogP contribution in [0.15, 0.2) is 97.3 Å². The van der Waals surface area contributed by atoms with Crippen LogP contribution in [0.5, 0.6) is 11.5 Å². The molecular weight excluding hydrogens is 677 g/mol. The molecule has 4 aromatic carbocycles. The second-order valence-corrected chi connectivity index (χ2v) is 19.1. The number of para-hydroxylation sites is 2. The zero-order chi connectivity index (χ0) is 36.6. The van der Waals surface area contributed by atoms with E-state index in [4.69, 9.17) is 0 Å². The normalized spacial score (nSPS) is 17.4. The van der Waals surface area contributed by atoms with Crippen LogP contribution in [0.1, 0.15) is 102 Å². The molecule has 0 spiro atoms. The van der Waals surface area contributed by atoms with E-state index in [1.807, 2.05) is 23.5 Å². The molecule has 0 bridgehead atoms. The van der Waals surface area contributed by atoms with Crippen LogP contribution in [0.4, 0.5) is 0 Å². The van der Waals surface area contributed by atoms with Crippen molar-refractivity contribution in [2.75, 3.05) is 0 Å². The first-order chi connectivity index (χ1) is 24.9. The van der Waals surface area contributed by atoms with Crippen LogP contribution in [0.25, 0.3) is 33.2 Å². The fourth-order valence-corrected chi connectivity index (χ4v) is 10.7. The Kier molecular flexibility index (Phi) is 10.5. The Bertz CT molecular complexity index is 2030. The quantitative estimate of drug-likeness (QED) is 0.164. The van der Waals surface area contributed by atoms with E-state index in [0.29, 0.717) is 22.0 Å². The molecule has 0 aliphatic heterocycles. The van der Waals surface area contributed by atoms with Gasteiger partial charge in [-0.1, -0.05) is 116 Å². The lowest BCUT2D eigenvalue weighted by Gasteiger charge is -2.30. The Morgan fingerprint density at radius 1 is 0.558 bits per heavy atom. The van der Waals surface area contributed by atoms with Gasteiger partial charge in [0, 0.05) is 45.5 Å². The van der Waals surface area contributed by atoms with E-state index in [1.54, 1.807) is 0 Å². The first-order valence-electron chi connectivity index (χ1n) is 19.0. The van der Waals surface area contributed by atoms with Crippen LogP contribution < -0.4 is 0 Å². The van der Waals surface area contributed by atoms with Crippen molar-refractivity contribution < 1.29 is 10.2 Å². The molecule has 0 saturated heterocycles. The number of aromatic hydroxyl groups is 2. The number of hydrogen-bond acceptors (Lipinski definition) is 4. The molecular formula is C46H54N2O2S2. The van der Waals surface area contributed by atoms with Gasteiger partial charge in [0.2, 0.25) is 0 Å². The topological polar surface area (TPSA) is 50.3 Å². The Morgan fingerprint density at radius 2 is 0.962 bits per heavy atom. The molecule has 2 unspecified atom stereocenters. The molecule has 272 valence electrons. The first kappa shape index (κ1) is 36.6. The molecule has 1 saturated carbocycles. The summed E-state index contributed by atoms with van der Waals surface area (Å²) in [5.41, 5.74) is 8.29. The van der Waals surface area contributed by atoms with Crippen LogP contribution in [0, 0.1) is 0 Å². The molecule has 0 amide bonds. The number of fused-ring (bicyclic) bond motifs is 2. The number of phenols is 2. The maximum absolute atomic E-state index is 11.9. The summed E-state index contributed by atoms with van der Waals surface area (Å²) < 4.78 is 4.29. The highest BCUT2D eigenvalue weighted by molar-refractivity contribution is 8.03. The maximum Gasteiger partial charge on any atom is 0.143 e. The van der Waals surface area contributed by atoms with Crippen molar-refractivity contribution in [2.24, 2.45) is 0 Å².